The van der Waals surface area contributed by atoms with Gasteiger partial charge in [0.1, 0.15) is 17.0 Å². The summed E-state index contributed by atoms with van der Waals surface area (Å²) in [6.45, 7) is 8.00. The van der Waals surface area contributed by atoms with Gasteiger partial charge < -0.3 is 19.7 Å². The van der Waals surface area contributed by atoms with Gasteiger partial charge in [0, 0.05) is 42.9 Å². The summed E-state index contributed by atoms with van der Waals surface area (Å²) in [4.78, 5) is 18.7. The summed E-state index contributed by atoms with van der Waals surface area (Å²) < 4.78 is 52.7. The SMILES string of the molecule is COC1(c2ccc3nccc(N[C@H](C)c4cccc(C(F)F)c4F)c3c2)CCN(C(=O)OC(C)(C)C)C1. The third kappa shape index (κ3) is 5.51. The Morgan fingerprint density at radius 3 is 2.57 bits per heavy atom. The molecule has 0 aliphatic carbocycles. The quantitative estimate of drug-likeness (QED) is 0.384. The number of alkyl halides is 2. The Hall–Kier alpha value is -3.33. The third-order valence-electron chi connectivity index (χ3n) is 6.67. The fourth-order valence-corrected chi connectivity index (χ4v) is 4.72. The summed E-state index contributed by atoms with van der Waals surface area (Å²) >= 11 is 0. The first-order valence-corrected chi connectivity index (χ1v) is 12.2. The van der Waals surface area contributed by atoms with Gasteiger partial charge in [0.15, 0.2) is 0 Å². The number of nitrogens with one attached hydrogen (secondary N) is 1. The van der Waals surface area contributed by atoms with Crippen LogP contribution in [-0.4, -0.2) is 41.8 Å². The van der Waals surface area contributed by atoms with Gasteiger partial charge in [-0.25, -0.2) is 18.0 Å². The minimum absolute atomic E-state index is 0.149. The lowest BCUT2D eigenvalue weighted by Gasteiger charge is -2.30. The monoisotopic (exact) mass is 515 g/mol. The minimum Gasteiger partial charge on any atom is -0.444 e. The number of amides is 1. The molecule has 6 nitrogen and oxygen atoms in total. The van der Waals surface area contributed by atoms with E-state index in [4.69, 9.17) is 9.47 Å². The molecule has 0 bridgehead atoms. The lowest BCUT2D eigenvalue weighted by Crippen LogP contribution is -2.38. The van der Waals surface area contributed by atoms with Crippen molar-refractivity contribution in [3.63, 3.8) is 0 Å². The van der Waals surface area contributed by atoms with E-state index in [2.05, 4.69) is 10.3 Å². The molecule has 1 N–H and O–H groups in total. The van der Waals surface area contributed by atoms with Crippen LogP contribution in [-0.2, 0) is 15.1 Å². The van der Waals surface area contributed by atoms with E-state index in [1.165, 1.54) is 12.1 Å². The molecular formula is C28H32F3N3O3. The molecule has 9 heteroatoms. The van der Waals surface area contributed by atoms with Crippen LogP contribution in [0.15, 0.2) is 48.7 Å². The van der Waals surface area contributed by atoms with E-state index in [9.17, 15) is 18.0 Å². The number of fused-ring (bicyclic) bond motifs is 1. The summed E-state index contributed by atoms with van der Waals surface area (Å²) in [5.41, 5.74) is 0.437. The second-order valence-electron chi connectivity index (χ2n) is 10.4. The molecule has 4 rings (SSSR count). The van der Waals surface area contributed by atoms with E-state index in [1.54, 1.807) is 31.2 Å². The van der Waals surface area contributed by atoms with E-state index < -0.39 is 41.1 Å². The smallest absolute Gasteiger partial charge is 0.410 e. The van der Waals surface area contributed by atoms with Crippen molar-refractivity contribution in [2.75, 3.05) is 25.5 Å². The van der Waals surface area contributed by atoms with Crippen molar-refractivity contribution in [3.8, 4) is 0 Å². The maximum atomic E-state index is 14.8. The zero-order valence-electron chi connectivity index (χ0n) is 21.6. The molecular weight excluding hydrogens is 483 g/mol. The van der Waals surface area contributed by atoms with Crippen LogP contribution in [0.5, 0.6) is 0 Å². The van der Waals surface area contributed by atoms with Gasteiger partial charge in [-0.2, -0.15) is 0 Å². The molecule has 2 heterocycles. The summed E-state index contributed by atoms with van der Waals surface area (Å²) in [5.74, 6) is -0.914. The summed E-state index contributed by atoms with van der Waals surface area (Å²) in [6.07, 6.45) is -1.07. The van der Waals surface area contributed by atoms with Crippen LogP contribution >= 0.6 is 0 Å². The van der Waals surface area contributed by atoms with E-state index in [0.29, 0.717) is 30.7 Å². The molecule has 0 radical (unpaired) electrons. The molecule has 2 atom stereocenters. The fourth-order valence-electron chi connectivity index (χ4n) is 4.72. The standard InChI is InChI=1S/C28H32F3N3O3/c1-17(19-7-6-8-20(24(19)29)25(30)31)33-23-11-13-32-22-10-9-18(15-21(22)23)28(36-5)12-14-34(16-28)26(35)37-27(2,3)4/h6-11,13,15,17,25H,12,14,16H2,1-5H3,(H,32,33)/t17-,28?/m1/s1. The number of aromatic nitrogens is 1. The lowest BCUT2D eigenvalue weighted by atomic mass is 9.91. The van der Waals surface area contributed by atoms with Crippen molar-refractivity contribution in [1.82, 2.24) is 9.88 Å². The Balaban J connectivity index is 1.64. The van der Waals surface area contributed by atoms with Gasteiger partial charge in [0.2, 0.25) is 0 Å². The molecule has 37 heavy (non-hydrogen) atoms. The number of anilines is 1. The van der Waals surface area contributed by atoms with Crippen LogP contribution in [0.3, 0.4) is 0 Å². The highest BCUT2D eigenvalue weighted by Crippen LogP contribution is 2.39. The van der Waals surface area contributed by atoms with E-state index in [-0.39, 0.29) is 5.56 Å². The van der Waals surface area contributed by atoms with Gasteiger partial charge in [0.05, 0.1) is 23.7 Å². The Labute approximate surface area is 214 Å². The highest BCUT2D eigenvalue weighted by atomic mass is 19.3. The minimum atomic E-state index is -2.90. The van der Waals surface area contributed by atoms with Gasteiger partial charge >= 0.3 is 6.09 Å². The Kier molecular flexibility index (Phi) is 7.37. The van der Waals surface area contributed by atoms with Crippen LogP contribution < -0.4 is 5.32 Å². The zero-order valence-corrected chi connectivity index (χ0v) is 21.6. The number of likely N-dealkylation sites (tertiary alicyclic amines) is 1. The Morgan fingerprint density at radius 2 is 1.89 bits per heavy atom. The first kappa shape index (κ1) is 26.7. The summed E-state index contributed by atoms with van der Waals surface area (Å²) in [5, 5.41) is 4.03. The summed E-state index contributed by atoms with van der Waals surface area (Å²) in [7, 11) is 1.62. The number of pyridine rings is 1. The molecule has 1 saturated heterocycles. The highest BCUT2D eigenvalue weighted by Gasteiger charge is 2.43. The zero-order chi connectivity index (χ0) is 27.0. The van der Waals surface area contributed by atoms with Crippen LogP contribution in [0.4, 0.5) is 23.7 Å². The number of carbonyl (C=O) groups excluding carboxylic acids is 1. The van der Waals surface area contributed by atoms with Crippen molar-refractivity contribution in [2.45, 2.75) is 57.8 Å². The maximum Gasteiger partial charge on any atom is 0.410 e. The molecule has 1 amide bonds. The first-order chi connectivity index (χ1) is 17.4. The third-order valence-corrected chi connectivity index (χ3v) is 6.67. The van der Waals surface area contributed by atoms with E-state index >= 15 is 0 Å². The largest absolute Gasteiger partial charge is 0.444 e. The second-order valence-corrected chi connectivity index (χ2v) is 10.4. The van der Waals surface area contributed by atoms with Gasteiger partial charge in [-0.3, -0.25) is 4.98 Å². The van der Waals surface area contributed by atoms with Gasteiger partial charge in [-0.05, 0) is 51.5 Å². The van der Waals surface area contributed by atoms with Crippen molar-refractivity contribution in [1.29, 1.82) is 0 Å². The van der Waals surface area contributed by atoms with Crippen molar-refractivity contribution < 1.29 is 27.4 Å². The average molecular weight is 516 g/mol. The molecule has 1 aromatic heterocycles. The van der Waals surface area contributed by atoms with E-state index in [0.717, 1.165) is 17.0 Å². The topological polar surface area (TPSA) is 63.7 Å². The predicted molar refractivity (Wildman–Crippen MR) is 136 cm³/mol. The number of carbonyl (C=O) groups is 1. The molecule has 0 saturated carbocycles. The first-order valence-electron chi connectivity index (χ1n) is 12.2. The number of ether oxygens (including phenoxy) is 2. The number of benzene rings is 2. The molecule has 1 fully saturated rings. The fraction of sp³-hybridized carbons (Fsp3) is 0.429. The Morgan fingerprint density at radius 1 is 1.16 bits per heavy atom. The molecule has 1 aliphatic rings. The predicted octanol–water partition coefficient (Wildman–Crippen LogP) is 6.97. The maximum absolute atomic E-state index is 14.8. The number of rotatable bonds is 6. The van der Waals surface area contributed by atoms with Crippen LogP contribution in [0.2, 0.25) is 0 Å². The van der Waals surface area contributed by atoms with Gasteiger partial charge in [0.25, 0.3) is 6.43 Å². The number of hydrogen-bond acceptors (Lipinski definition) is 5. The molecule has 198 valence electrons. The number of hydrogen-bond donors (Lipinski definition) is 1. The number of nitrogens with zero attached hydrogens (tertiary/aromatic N) is 2. The molecule has 2 aromatic carbocycles. The van der Waals surface area contributed by atoms with Gasteiger partial charge in [-0.15, -0.1) is 0 Å². The lowest BCUT2D eigenvalue weighted by molar-refractivity contribution is -0.0129. The number of halogens is 3. The van der Waals surface area contributed by atoms with Gasteiger partial charge in [-0.1, -0.05) is 24.3 Å². The summed E-state index contributed by atoms with van der Waals surface area (Å²) in [6, 6.07) is 10.9. The van der Waals surface area contributed by atoms with Crippen molar-refractivity contribution in [2.24, 2.45) is 0 Å². The average Bonchev–Trinajstić information content (AvgIpc) is 3.29. The van der Waals surface area contributed by atoms with Crippen molar-refractivity contribution >= 4 is 22.7 Å². The molecule has 1 unspecified atom stereocenters. The molecule has 0 spiro atoms. The van der Waals surface area contributed by atoms with E-state index in [1.807, 2.05) is 39.0 Å². The molecule has 3 aromatic rings. The number of methoxy groups -OCH3 is 1. The normalized spacial score (nSPS) is 18.9. The second kappa shape index (κ2) is 10.2. The van der Waals surface area contributed by atoms with Crippen molar-refractivity contribution in [3.05, 3.63) is 71.2 Å². The van der Waals surface area contributed by atoms with Crippen LogP contribution in [0, 0.1) is 5.82 Å². The Bertz CT molecular complexity index is 1290. The van der Waals surface area contributed by atoms with Crippen LogP contribution in [0.25, 0.3) is 10.9 Å². The highest BCUT2D eigenvalue weighted by molar-refractivity contribution is 5.92. The molecule has 1 aliphatic heterocycles. The van der Waals surface area contributed by atoms with Crippen LogP contribution in [0.1, 0.15) is 63.3 Å².